The van der Waals surface area contributed by atoms with Crippen LogP contribution in [-0.2, 0) is 11.3 Å². The van der Waals surface area contributed by atoms with Crippen LogP contribution < -0.4 is 5.32 Å². The molecule has 0 radical (unpaired) electrons. The lowest BCUT2D eigenvalue weighted by Gasteiger charge is -2.19. The van der Waals surface area contributed by atoms with Gasteiger partial charge in [0.15, 0.2) is 5.78 Å². The van der Waals surface area contributed by atoms with E-state index in [-0.39, 0.29) is 12.1 Å². The number of nitrogens with zero attached hydrogens (tertiary/aromatic N) is 1. The summed E-state index contributed by atoms with van der Waals surface area (Å²) in [5.41, 5.74) is 0.311. The van der Waals surface area contributed by atoms with Crippen molar-refractivity contribution < 1.29 is 18.7 Å². The van der Waals surface area contributed by atoms with Crippen LogP contribution in [0, 0.1) is 5.82 Å². The van der Waals surface area contributed by atoms with Crippen LogP contribution in [0.5, 0.6) is 0 Å². The molecular weight excluding hydrogens is 359 g/mol. The number of hydrogen-bond acceptors (Lipinski definition) is 4. The predicted octanol–water partition coefficient (Wildman–Crippen LogP) is 4.63. The molecule has 2 aromatic carbocycles. The number of aromatic nitrogens is 1. The van der Waals surface area contributed by atoms with Crippen LogP contribution in [0.4, 0.5) is 9.18 Å². The van der Waals surface area contributed by atoms with E-state index in [0.29, 0.717) is 11.1 Å². The monoisotopic (exact) mass is 380 g/mol. The maximum Gasteiger partial charge on any atom is 0.407 e. The highest BCUT2D eigenvalue weighted by molar-refractivity contribution is 6.16. The fraction of sp³-hybridized carbons (Fsp3) is 0.227. The van der Waals surface area contributed by atoms with Crippen molar-refractivity contribution in [3.63, 3.8) is 0 Å². The van der Waals surface area contributed by atoms with Crippen molar-refractivity contribution in [3.05, 3.63) is 77.4 Å². The van der Waals surface area contributed by atoms with Crippen LogP contribution in [0.1, 0.15) is 42.3 Å². The minimum absolute atomic E-state index is 0.0228. The van der Waals surface area contributed by atoms with Gasteiger partial charge in [-0.15, -0.1) is 0 Å². The van der Waals surface area contributed by atoms with E-state index in [1.807, 2.05) is 6.07 Å². The van der Waals surface area contributed by atoms with Gasteiger partial charge in [-0.25, -0.2) is 9.18 Å². The van der Waals surface area contributed by atoms with Crippen LogP contribution in [0.3, 0.4) is 0 Å². The molecule has 0 bridgehead atoms. The topological polar surface area (TPSA) is 68.3 Å². The highest BCUT2D eigenvalue weighted by atomic mass is 19.1. The van der Waals surface area contributed by atoms with Gasteiger partial charge >= 0.3 is 6.09 Å². The van der Waals surface area contributed by atoms with E-state index in [1.54, 1.807) is 57.4 Å². The Balaban J connectivity index is 1.79. The molecular formula is C22H21FN2O3. The number of fused-ring (bicyclic) bond motifs is 1. The Morgan fingerprint density at radius 3 is 2.61 bits per heavy atom. The van der Waals surface area contributed by atoms with E-state index in [2.05, 4.69) is 10.3 Å². The molecule has 3 rings (SSSR count). The zero-order valence-corrected chi connectivity index (χ0v) is 16.0. The Labute approximate surface area is 162 Å². The van der Waals surface area contributed by atoms with Gasteiger partial charge in [0.05, 0.1) is 5.56 Å². The van der Waals surface area contributed by atoms with Gasteiger partial charge in [0, 0.05) is 29.9 Å². The summed E-state index contributed by atoms with van der Waals surface area (Å²) in [6.45, 7) is 5.38. The molecule has 0 fully saturated rings. The Hall–Kier alpha value is -3.28. The summed E-state index contributed by atoms with van der Waals surface area (Å²) < 4.78 is 19.8. The summed E-state index contributed by atoms with van der Waals surface area (Å²) in [4.78, 5) is 28.6. The third-order valence-electron chi connectivity index (χ3n) is 4.04. The average molecular weight is 380 g/mol. The molecule has 0 aliphatic rings. The number of carbonyl (C=O) groups is 2. The molecule has 28 heavy (non-hydrogen) atoms. The zero-order valence-electron chi connectivity index (χ0n) is 16.0. The SMILES string of the molecule is CC(C)(C)OC(=O)NCc1ccc(C(=O)c2cccc3cnccc23)c(F)c1. The van der Waals surface area contributed by atoms with Crippen LogP contribution in [0.15, 0.2) is 54.9 Å². The van der Waals surface area contributed by atoms with E-state index >= 15 is 0 Å². The molecule has 1 amide bonds. The molecule has 0 aliphatic heterocycles. The Morgan fingerprint density at radius 2 is 1.89 bits per heavy atom. The van der Waals surface area contributed by atoms with E-state index in [1.165, 1.54) is 12.1 Å². The van der Waals surface area contributed by atoms with Crippen molar-refractivity contribution in [2.24, 2.45) is 0 Å². The quantitative estimate of drug-likeness (QED) is 0.670. The molecule has 0 spiro atoms. The fourth-order valence-electron chi connectivity index (χ4n) is 2.81. The van der Waals surface area contributed by atoms with Crippen LogP contribution in [0.2, 0.25) is 0 Å². The average Bonchev–Trinajstić information content (AvgIpc) is 2.64. The molecule has 1 heterocycles. The van der Waals surface area contributed by atoms with Crippen molar-refractivity contribution in [1.29, 1.82) is 0 Å². The normalized spacial score (nSPS) is 11.3. The number of ether oxygens (including phenoxy) is 1. The zero-order chi connectivity index (χ0) is 20.3. The van der Waals surface area contributed by atoms with Crippen molar-refractivity contribution in [1.82, 2.24) is 10.3 Å². The predicted molar refractivity (Wildman–Crippen MR) is 105 cm³/mol. The van der Waals surface area contributed by atoms with Crippen LogP contribution in [-0.4, -0.2) is 22.5 Å². The minimum atomic E-state index is -0.639. The largest absolute Gasteiger partial charge is 0.444 e. The van der Waals surface area contributed by atoms with Crippen molar-refractivity contribution in [2.75, 3.05) is 0 Å². The summed E-state index contributed by atoms with van der Waals surface area (Å²) in [7, 11) is 0. The number of amides is 1. The maximum absolute atomic E-state index is 14.6. The van der Waals surface area contributed by atoms with Crippen molar-refractivity contribution in [2.45, 2.75) is 32.9 Å². The van der Waals surface area contributed by atoms with Gasteiger partial charge in [-0.05, 0) is 49.9 Å². The number of hydrogen-bond donors (Lipinski definition) is 1. The van der Waals surface area contributed by atoms with E-state index < -0.39 is 23.3 Å². The number of pyridine rings is 1. The summed E-state index contributed by atoms with van der Waals surface area (Å²) in [5.74, 6) is -1.04. The Bertz CT molecular complexity index is 1040. The van der Waals surface area contributed by atoms with Gasteiger partial charge in [-0.3, -0.25) is 9.78 Å². The van der Waals surface area contributed by atoms with Gasteiger partial charge in [-0.2, -0.15) is 0 Å². The number of alkyl carbamates (subject to hydrolysis) is 1. The number of ketones is 1. The number of rotatable bonds is 4. The first-order chi connectivity index (χ1) is 13.2. The van der Waals surface area contributed by atoms with Gasteiger partial charge < -0.3 is 10.1 Å². The first-order valence-corrected chi connectivity index (χ1v) is 8.87. The third-order valence-corrected chi connectivity index (χ3v) is 4.04. The maximum atomic E-state index is 14.6. The highest BCUT2D eigenvalue weighted by Crippen LogP contribution is 2.22. The molecule has 0 saturated heterocycles. The lowest BCUT2D eigenvalue weighted by Crippen LogP contribution is -2.32. The van der Waals surface area contributed by atoms with E-state index in [0.717, 1.165) is 10.8 Å². The van der Waals surface area contributed by atoms with Gasteiger partial charge in [-0.1, -0.05) is 24.3 Å². The first kappa shape index (κ1) is 19.5. The molecule has 0 aliphatic carbocycles. The highest BCUT2D eigenvalue weighted by Gasteiger charge is 2.18. The minimum Gasteiger partial charge on any atom is -0.444 e. The first-order valence-electron chi connectivity index (χ1n) is 8.87. The van der Waals surface area contributed by atoms with E-state index in [4.69, 9.17) is 4.74 Å². The molecule has 0 saturated carbocycles. The molecule has 0 unspecified atom stereocenters. The standard InChI is InChI=1S/C22H21FN2O3/c1-22(2,3)28-21(27)25-12-14-7-8-18(19(23)11-14)20(26)17-6-4-5-15-13-24-10-9-16(15)17/h4-11,13H,12H2,1-3H3,(H,25,27). The summed E-state index contributed by atoms with van der Waals surface area (Å²) >= 11 is 0. The van der Waals surface area contributed by atoms with E-state index in [9.17, 15) is 14.0 Å². The number of halogens is 1. The van der Waals surface area contributed by atoms with Crippen LogP contribution in [0.25, 0.3) is 10.8 Å². The molecule has 1 aromatic heterocycles. The van der Waals surface area contributed by atoms with Crippen molar-refractivity contribution >= 4 is 22.6 Å². The Morgan fingerprint density at radius 1 is 1.11 bits per heavy atom. The second kappa shape index (κ2) is 7.76. The molecule has 144 valence electrons. The summed E-state index contributed by atoms with van der Waals surface area (Å²) in [5, 5.41) is 4.10. The second-order valence-electron chi connectivity index (χ2n) is 7.40. The molecule has 0 atom stereocenters. The lowest BCUT2D eigenvalue weighted by molar-refractivity contribution is 0.0523. The van der Waals surface area contributed by atoms with Gasteiger partial charge in [0.2, 0.25) is 0 Å². The molecule has 5 nitrogen and oxygen atoms in total. The fourth-order valence-corrected chi connectivity index (χ4v) is 2.81. The number of benzene rings is 2. The second-order valence-corrected chi connectivity index (χ2v) is 7.40. The third kappa shape index (κ3) is 4.52. The smallest absolute Gasteiger partial charge is 0.407 e. The molecule has 3 aromatic rings. The van der Waals surface area contributed by atoms with Crippen LogP contribution >= 0.6 is 0 Å². The molecule has 6 heteroatoms. The number of carbonyl (C=O) groups excluding carboxylic acids is 2. The molecule has 1 N–H and O–H groups in total. The van der Waals surface area contributed by atoms with Crippen molar-refractivity contribution in [3.8, 4) is 0 Å². The Kier molecular flexibility index (Phi) is 5.40. The number of nitrogens with one attached hydrogen (secondary N) is 1. The summed E-state index contributed by atoms with van der Waals surface area (Å²) in [6.07, 6.45) is 2.67. The van der Waals surface area contributed by atoms with Gasteiger partial charge in [0.1, 0.15) is 11.4 Å². The van der Waals surface area contributed by atoms with Gasteiger partial charge in [0.25, 0.3) is 0 Å². The lowest BCUT2D eigenvalue weighted by atomic mass is 9.97. The summed E-state index contributed by atoms with van der Waals surface area (Å²) in [6, 6.07) is 11.3.